The fraction of sp³-hybridized carbons (Fsp3) is 0.273. The molecule has 1 N–H and O–H groups in total. The predicted molar refractivity (Wildman–Crippen MR) is 66.5 cm³/mol. The van der Waals surface area contributed by atoms with Crippen molar-refractivity contribution in [2.45, 2.75) is 13.0 Å². The maximum atomic E-state index is 10.6. The molecule has 0 amide bonds. The first-order valence-electron chi connectivity index (χ1n) is 5.63. The van der Waals surface area contributed by atoms with Crippen LogP contribution in [0.25, 0.3) is 11.4 Å². The summed E-state index contributed by atoms with van der Waals surface area (Å²) in [7, 11) is -3.89. The fourth-order valence-electron chi connectivity index (χ4n) is 1.56. The van der Waals surface area contributed by atoms with Gasteiger partial charge in [-0.15, -0.1) is 5.10 Å². The number of aromatic nitrogens is 4. The molecule has 0 saturated carbocycles. The first-order valence-corrected chi connectivity index (χ1v) is 7.24. The molecule has 100 valence electrons. The van der Waals surface area contributed by atoms with E-state index in [0.717, 1.165) is 5.56 Å². The summed E-state index contributed by atoms with van der Waals surface area (Å²) in [5.41, 5.74) is 0.833. The van der Waals surface area contributed by atoms with E-state index < -0.39 is 10.1 Å². The van der Waals surface area contributed by atoms with Crippen LogP contribution in [0.15, 0.2) is 36.9 Å². The SMILES string of the molecule is O=S(=O)(O)CCC[n+]1ccc(-c2nccnn2)cc1. The van der Waals surface area contributed by atoms with E-state index >= 15 is 0 Å². The van der Waals surface area contributed by atoms with Gasteiger partial charge in [0.25, 0.3) is 10.1 Å². The van der Waals surface area contributed by atoms with Crippen molar-refractivity contribution in [1.82, 2.24) is 15.2 Å². The number of aryl methyl sites for hydroxylation is 1. The maximum absolute atomic E-state index is 10.6. The van der Waals surface area contributed by atoms with E-state index in [1.54, 1.807) is 18.6 Å². The first kappa shape index (κ1) is 13.5. The van der Waals surface area contributed by atoms with Crippen molar-refractivity contribution in [3.05, 3.63) is 36.9 Å². The molecule has 2 rings (SSSR count). The van der Waals surface area contributed by atoms with Gasteiger partial charge in [0.1, 0.15) is 6.54 Å². The van der Waals surface area contributed by atoms with Crippen LogP contribution in [0.3, 0.4) is 0 Å². The lowest BCUT2D eigenvalue weighted by Gasteiger charge is -1.99. The van der Waals surface area contributed by atoms with Gasteiger partial charge in [-0.1, -0.05) is 0 Å². The smallest absolute Gasteiger partial charge is 0.265 e. The van der Waals surface area contributed by atoms with E-state index in [1.165, 1.54) is 6.20 Å². The Morgan fingerprint density at radius 3 is 2.53 bits per heavy atom. The molecular weight excluding hydrogens is 268 g/mol. The molecule has 0 spiro atoms. The molecule has 0 atom stereocenters. The van der Waals surface area contributed by atoms with Gasteiger partial charge in [0.2, 0.25) is 0 Å². The highest BCUT2D eigenvalue weighted by Gasteiger charge is 2.08. The third-order valence-corrected chi connectivity index (χ3v) is 3.26. The standard InChI is InChI=1S/C11H12N4O3S/c16-19(17,18)9-1-6-15-7-2-10(3-8-15)11-12-4-5-13-14-11/h2-5,7-8H,1,6,9H2/p+1. The van der Waals surface area contributed by atoms with Crippen LogP contribution in [0, 0.1) is 0 Å². The number of hydrogen-bond acceptors (Lipinski definition) is 5. The predicted octanol–water partition coefficient (Wildman–Crippen LogP) is 0.104. The molecule has 0 saturated heterocycles. The quantitative estimate of drug-likeness (QED) is 0.617. The van der Waals surface area contributed by atoms with Gasteiger partial charge in [0.15, 0.2) is 18.2 Å². The van der Waals surface area contributed by atoms with Crippen molar-refractivity contribution >= 4 is 10.1 Å². The summed E-state index contributed by atoms with van der Waals surface area (Å²) in [6.07, 6.45) is 7.02. The topological polar surface area (TPSA) is 96.9 Å². The Labute approximate surface area is 110 Å². The molecule has 0 aromatic carbocycles. The summed E-state index contributed by atoms with van der Waals surface area (Å²) in [5, 5.41) is 7.64. The second-order valence-electron chi connectivity index (χ2n) is 3.93. The Kier molecular flexibility index (Phi) is 4.13. The van der Waals surface area contributed by atoms with Crippen molar-refractivity contribution in [3.63, 3.8) is 0 Å². The Hall–Kier alpha value is -1.93. The van der Waals surface area contributed by atoms with Gasteiger partial charge in [-0.05, 0) is 0 Å². The zero-order chi connectivity index (χ0) is 13.7. The normalized spacial score (nSPS) is 11.4. The highest BCUT2D eigenvalue weighted by molar-refractivity contribution is 7.85. The van der Waals surface area contributed by atoms with E-state index in [2.05, 4.69) is 15.2 Å². The van der Waals surface area contributed by atoms with E-state index in [-0.39, 0.29) is 5.75 Å². The lowest BCUT2D eigenvalue weighted by Crippen LogP contribution is -2.33. The minimum Gasteiger partial charge on any atom is -0.286 e. The van der Waals surface area contributed by atoms with Gasteiger partial charge in [0, 0.05) is 30.3 Å². The minimum atomic E-state index is -3.89. The fourth-order valence-corrected chi connectivity index (χ4v) is 2.06. The first-order chi connectivity index (χ1) is 9.04. The van der Waals surface area contributed by atoms with Crippen molar-refractivity contribution in [2.24, 2.45) is 0 Å². The molecule has 8 heteroatoms. The average molecular weight is 281 g/mol. The number of nitrogens with zero attached hydrogens (tertiary/aromatic N) is 4. The van der Waals surface area contributed by atoms with Crippen LogP contribution in [-0.2, 0) is 16.7 Å². The molecule has 0 unspecified atom stereocenters. The van der Waals surface area contributed by atoms with E-state index in [0.29, 0.717) is 18.8 Å². The van der Waals surface area contributed by atoms with Crippen LogP contribution in [0.5, 0.6) is 0 Å². The summed E-state index contributed by atoms with van der Waals surface area (Å²) in [6.45, 7) is 0.508. The van der Waals surface area contributed by atoms with Crippen LogP contribution < -0.4 is 4.57 Å². The largest absolute Gasteiger partial charge is 0.286 e. The lowest BCUT2D eigenvalue weighted by atomic mass is 10.2. The second kappa shape index (κ2) is 5.81. The van der Waals surface area contributed by atoms with Crippen molar-refractivity contribution in [3.8, 4) is 11.4 Å². The lowest BCUT2D eigenvalue weighted by molar-refractivity contribution is -0.696. The van der Waals surface area contributed by atoms with Crippen LogP contribution >= 0.6 is 0 Å². The third kappa shape index (κ3) is 4.34. The molecule has 2 aromatic rings. The van der Waals surface area contributed by atoms with Gasteiger partial charge in [-0.3, -0.25) is 4.55 Å². The van der Waals surface area contributed by atoms with Crippen molar-refractivity contribution in [1.29, 1.82) is 0 Å². The van der Waals surface area contributed by atoms with Crippen molar-refractivity contribution < 1.29 is 17.5 Å². The summed E-state index contributed by atoms with van der Waals surface area (Å²) in [4.78, 5) is 4.08. The highest BCUT2D eigenvalue weighted by Crippen LogP contribution is 2.09. The molecule has 0 aliphatic heterocycles. The Bertz CT molecular complexity index is 629. The molecule has 0 aliphatic carbocycles. The summed E-state index contributed by atoms with van der Waals surface area (Å²) >= 11 is 0. The van der Waals surface area contributed by atoms with Gasteiger partial charge in [-0.2, -0.15) is 13.5 Å². The summed E-state index contributed by atoms with van der Waals surface area (Å²) < 4.78 is 31.6. The molecule has 2 aromatic heterocycles. The molecule has 19 heavy (non-hydrogen) atoms. The highest BCUT2D eigenvalue weighted by atomic mass is 32.2. The van der Waals surface area contributed by atoms with E-state index in [9.17, 15) is 8.42 Å². The molecule has 2 heterocycles. The van der Waals surface area contributed by atoms with Crippen LogP contribution in [-0.4, -0.2) is 33.9 Å². The van der Waals surface area contributed by atoms with Crippen LogP contribution in [0.2, 0.25) is 0 Å². The van der Waals surface area contributed by atoms with Gasteiger partial charge in [-0.25, -0.2) is 9.55 Å². The minimum absolute atomic E-state index is 0.243. The van der Waals surface area contributed by atoms with Gasteiger partial charge < -0.3 is 0 Å². The average Bonchev–Trinajstić information content (AvgIpc) is 2.39. The van der Waals surface area contributed by atoms with Crippen molar-refractivity contribution in [2.75, 3.05) is 5.75 Å². The van der Waals surface area contributed by atoms with Crippen LogP contribution in [0.4, 0.5) is 0 Å². The van der Waals surface area contributed by atoms with E-state index in [1.807, 2.05) is 16.7 Å². The Morgan fingerprint density at radius 1 is 1.21 bits per heavy atom. The molecule has 0 fully saturated rings. The van der Waals surface area contributed by atoms with Gasteiger partial charge in [0.05, 0.1) is 11.9 Å². The maximum Gasteiger partial charge on any atom is 0.265 e. The monoisotopic (exact) mass is 281 g/mol. The zero-order valence-corrected chi connectivity index (χ0v) is 10.9. The molecule has 0 aliphatic rings. The van der Waals surface area contributed by atoms with Crippen LogP contribution in [0.1, 0.15) is 6.42 Å². The zero-order valence-electron chi connectivity index (χ0n) is 10.0. The van der Waals surface area contributed by atoms with Gasteiger partial charge >= 0.3 is 0 Å². The Balaban J connectivity index is 1.99. The third-order valence-electron chi connectivity index (χ3n) is 2.45. The molecule has 7 nitrogen and oxygen atoms in total. The second-order valence-corrected chi connectivity index (χ2v) is 5.50. The molecule has 0 radical (unpaired) electrons. The molecule has 0 bridgehead atoms. The number of rotatable bonds is 5. The number of pyridine rings is 1. The summed E-state index contributed by atoms with van der Waals surface area (Å²) in [6, 6.07) is 3.65. The number of hydrogen-bond donors (Lipinski definition) is 1. The summed E-state index contributed by atoms with van der Waals surface area (Å²) in [5.74, 6) is 0.292. The molecular formula is C11H13N4O3S+. The Morgan fingerprint density at radius 2 is 1.95 bits per heavy atom. The van der Waals surface area contributed by atoms with E-state index in [4.69, 9.17) is 4.55 Å².